The molecule has 5 rings (SSSR count). The van der Waals surface area contributed by atoms with E-state index in [0.717, 1.165) is 28.8 Å². The third kappa shape index (κ3) is 5.45. The fourth-order valence-corrected chi connectivity index (χ4v) is 4.40. The van der Waals surface area contributed by atoms with E-state index in [-0.39, 0.29) is 24.1 Å². The quantitative estimate of drug-likeness (QED) is 0.242. The molecule has 0 spiro atoms. The van der Waals surface area contributed by atoms with E-state index in [4.69, 9.17) is 0 Å². The Morgan fingerprint density at radius 2 is 1.69 bits per heavy atom. The molecule has 0 saturated heterocycles. The molecule has 0 bridgehead atoms. The number of carboxylic acids is 1. The number of imidazole rings is 1. The van der Waals surface area contributed by atoms with Crippen molar-refractivity contribution in [3.8, 4) is 11.4 Å². The zero-order valence-electron chi connectivity index (χ0n) is 21.1. The van der Waals surface area contributed by atoms with Gasteiger partial charge in [0.2, 0.25) is 5.82 Å². The van der Waals surface area contributed by atoms with Crippen molar-refractivity contribution in [2.75, 3.05) is 5.32 Å². The lowest BCUT2D eigenvalue weighted by atomic mass is 10.1. The number of rotatable bonds is 7. The largest absolute Gasteiger partial charge is 0.475 e. The van der Waals surface area contributed by atoms with Crippen LogP contribution in [0, 0.1) is 6.92 Å². The maximum atomic E-state index is 13.2. The van der Waals surface area contributed by atoms with Crippen molar-refractivity contribution in [3.63, 3.8) is 0 Å². The van der Waals surface area contributed by atoms with E-state index in [9.17, 15) is 23.1 Å². The Hall–Kier alpha value is -4.73. The van der Waals surface area contributed by atoms with Crippen LogP contribution in [0.2, 0.25) is 0 Å². The third-order valence-electron chi connectivity index (χ3n) is 6.35. The number of aromatic nitrogens is 4. The van der Waals surface area contributed by atoms with E-state index in [2.05, 4.69) is 20.3 Å². The molecule has 0 aliphatic heterocycles. The number of anilines is 1. The number of aryl methyl sites for hydroxylation is 1. The van der Waals surface area contributed by atoms with Crippen LogP contribution in [0.25, 0.3) is 22.6 Å². The lowest BCUT2D eigenvalue weighted by molar-refractivity contribution is -0.137. The number of fused-ring (bicyclic) bond motifs is 1. The number of nitrogens with one attached hydrogen (secondary N) is 1. The molecule has 7 nitrogen and oxygen atoms in total. The van der Waals surface area contributed by atoms with E-state index >= 15 is 0 Å². The van der Waals surface area contributed by atoms with Crippen molar-refractivity contribution in [2.24, 2.45) is 0 Å². The SMILES string of the molecule is Cc1cccc(-c2nc3nc(C(=O)O)nc(N[C@H](C)c4ccccc4)c3n2Cc2ccc(C(F)(F)F)cc2)c1. The van der Waals surface area contributed by atoms with Crippen LogP contribution in [-0.2, 0) is 12.7 Å². The summed E-state index contributed by atoms with van der Waals surface area (Å²) in [6.07, 6.45) is -4.45. The van der Waals surface area contributed by atoms with E-state index in [1.807, 2.05) is 68.4 Å². The molecule has 3 aromatic carbocycles. The number of halogens is 3. The number of alkyl halides is 3. The highest BCUT2D eigenvalue weighted by atomic mass is 19.4. The van der Waals surface area contributed by atoms with Gasteiger partial charge in [-0.15, -0.1) is 0 Å². The lowest BCUT2D eigenvalue weighted by Gasteiger charge is -2.18. The summed E-state index contributed by atoms with van der Waals surface area (Å²) in [6.45, 7) is 4.01. The molecule has 10 heteroatoms. The van der Waals surface area contributed by atoms with E-state index in [1.54, 1.807) is 4.57 Å². The molecule has 0 amide bonds. The van der Waals surface area contributed by atoms with Crippen LogP contribution < -0.4 is 5.32 Å². The van der Waals surface area contributed by atoms with Gasteiger partial charge in [-0.05, 0) is 43.2 Å². The van der Waals surface area contributed by atoms with Crippen molar-refractivity contribution in [2.45, 2.75) is 32.6 Å². The van der Waals surface area contributed by atoms with Gasteiger partial charge in [-0.1, -0.05) is 66.2 Å². The van der Waals surface area contributed by atoms with Crippen LogP contribution in [-0.4, -0.2) is 30.6 Å². The van der Waals surface area contributed by atoms with Gasteiger partial charge in [0, 0.05) is 12.1 Å². The number of aromatic carboxylic acids is 1. The fraction of sp³-hybridized carbons (Fsp3) is 0.172. The normalized spacial score (nSPS) is 12.4. The molecule has 2 aromatic heterocycles. The number of hydrogen-bond acceptors (Lipinski definition) is 5. The van der Waals surface area contributed by atoms with Gasteiger partial charge >= 0.3 is 12.1 Å². The van der Waals surface area contributed by atoms with Crippen molar-refractivity contribution < 1.29 is 23.1 Å². The van der Waals surface area contributed by atoms with E-state index in [0.29, 0.717) is 16.9 Å². The van der Waals surface area contributed by atoms with Crippen molar-refractivity contribution in [1.82, 2.24) is 19.5 Å². The van der Waals surface area contributed by atoms with Crippen molar-refractivity contribution in [3.05, 3.63) is 107 Å². The molecule has 39 heavy (non-hydrogen) atoms. The average Bonchev–Trinajstić information content (AvgIpc) is 3.27. The van der Waals surface area contributed by atoms with Gasteiger partial charge in [0.1, 0.15) is 11.3 Å². The van der Waals surface area contributed by atoms with Gasteiger partial charge in [0.25, 0.3) is 0 Å². The van der Waals surface area contributed by atoms with Crippen LogP contribution in [0.1, 0.15) is 45.8 Å². The second-order valence-electron chi connectivity index (χ2n) is 9.24. The van der Waals surface area contributed by atoms with Crippen molar-refractivity contribution >= 4 is 23.0 Å². The fourth-order valence-electron chi connectivity index (χ4n) is 4.40. The summed E-state index contributed by atoms with van der Waals surface area (Å²) in [7, 11) is 0. The summed E-state index contributed by atoms with van der Waals surface area (Å²) in [5.74, 6) is -0.977. The lowest BCUT2D eigenvalue weighted by Crippen LogP contribution is -2.14. The van der Waals surface area contributed by atoms with Crippen LogP contribution in [0.5, 0.6) is 0 Å². The Labute approximate surface area is 222 Å². The third-order valence-corrected chi connectivity index (χ3v) is 6.35. The summed E-state index contributed by atoms with van der Waals surface area (Å²) in [5.41, 5.74) is 3.14. The first-order valence-corrected chi connectivity index (χ1v) is 12.2. The van der Waals surface area contributed by atoms with Gasteiger partial charge < -0.3 is 15.0 Å². The number of hydrogen-bond donors (Lipinski definition) is 2. The molecular formula is C29H24F3N5O2. The maximum Gasteiger partial charge on any atom is 0.416 e. The second kappa shape index (κ2) is 10.2. The summed E-state index contributed by atoms with van der Waals surface area (Å²) >= 11 is 0. The zero-order chi connectivity index (χ0) is 27.7. The monoisotopic (exact) mass is 531 g/mol. The summed E-state index contributed by atoms with van der Waals surface area (Å²) < 4.78 is 41.3. The number of carbonyl (C=O) groups is 1. The predicted molar refractivity (Wildman–Crippen MR) is 141 cm³/mol. The minimum Gasteiger partial charge on any atom is -0.475 e. The Morgan fingerprint density at radius 1 is 0.974 bits per heavy atom. The molecular weight excluding hydrogens is 507 g/mol. The molecule has 2 N–H and O–H groups in total. The van der Waals surface area contributed by atoms with Gasteiger partial charge in [-0.2, -0.15) is 13.2 Å². The first kappa shape index (κ1) is 25.9. The Balaban J connectivity index is 1.70. The minimum absolute atomic E-state index is 0.155. The van der Waals surface area contributed by atoms with Gasteiger partial charge in [0.15, 0.2) is 11.5 Å². The summed E-state index contributed by atoms with van der Waals surface area (Å²) in [4.78, 5) is 25.1. The molecule has 5 aromatic rings. The Kier molecular flexibility index (Phi) is 6.78. The Morgan fingerprint density at radius 3 is 2.33 bits per heavy atom. The van der Waals surface area contributed by atoms with Crippen LogP contribution in [0.3, 0.4) is 0 Å². The molecule has 0 unspecified atom stereocenters. The second-order valence-corrected chi connectivity index (χ2v) is 9.24. The maximum absolute atomic E-state index is 13.2. The molecule has 1 atom stereocenters. The molecule has 0 aliphatic carbocycles. The minimum atomic E-state index is -4.45. The standard InChI is InChI=1S/C29H24F3N5O2/c1-17-7-6-10-21(15-17)27-36-25-23(37(27)16-19-11-13-22(14-12-19)29(30,31)32)24(34-26(35-25)28(38)39)33-18(2)20-8-4-3-5-9-20/h3-15,18H,16H2,1-2H3,(H,38,39)(H,33,34,35)/t18-/m1/s1. The summed E-state index contributed by atoms with van der Waals surface area (Å²) in [6, 6.07) is 21.8. The molecule has 0 aliphatic rings. The van der Waals surface area contributed by atoms with Crippen LogP contribution in [0.4, 0.5) is 19.0 Å². The first-order valence-electron chi connectivity index (χ1n) is 12.2. The first-order chi connectivity index (χ1) is 18.6. The number of nitrogens with zero attached hydrogens (tertiary/aromatic N) is 4. The highest BCUT2D eigenvalue weighted by molar-refractivity contribution is 5.92. The average molecular weight is 532 g/mol. The molecule has 2 heterocycles. The molecule has 198 valence electrons. The Bertz CT molecular complexity index is 1650. The highest BCUT2D eigenvalue weighted by Crippen LogP contribution is 2.33. The van der Waals surface area contributed by atoms with Gasteiger partial charge in [0.05, 0.1) is 11.6 Å². The molecule has 0 fully saturated rings. The zero-order valence-corrected chi connectivity index (χ0v) is 21.1. The van der Waals surface area contributed by atoms with Gasteiger partial charge in [-0.3, -0.25) is 0 Å². The predicted octanol–water partition coefficient (Wildman–Crippen LogP) is 6.74. The van der Waals surface area contributed by atoms with Crippen LogP contribution in [0.15, 0.2) is 78.9 Å². The number of benzene rings is 3. The van der Waals surface area contributed by atoms with Gasteiger partial charge in [-0.25, -0.2) is 19.7 Å². The topological polar surface area (TPSA) is 92.9 Å². The smallest absolute Gasteiger partial charge is 0.416 e. The van der Waals surface area contributed by atoms with E-state index in [1.165, 1.54) is 12.1 Å². The molecule has 0 saturated carbocycles. The number of carboxylic acid groups (broad SMARTS) is 1. The highest BCUT2D eigenvalue weighted by Gasteiger charge is 2.30. The van der Waals surface area contributed by atoms with Crippen LogP contribution >= 0.6 is 0 Å². The molecule has 0 radical (unpaired) electrons. The summed E-state index contributed by atoms with van der Waals surface area (Å²) in [5, 5.41) is 13.0. The van der Waals surface area contributed by atoms with E-state index < -0.39 is 23.5 Å². The van der Waals surface area contributed by atoms with Crippen molar-refractivity contribution in [1.29, 1.82) is 0 Å².